The van der Waals surface area contributed by atoms with E-state index in [9.17, 15) is 23.1 Å². The Morgan fingerprint density at radius 3 is 2.51 bits per heavy atom. The molecular formula is C27H26ClF3N4O3S. The first kappa shape index (κ1) is 27.1. The Kier molecular flexibility index (Phi) is 7.39. The summed E-state index contributed by atoms with van der Waals surface area (Å²) in [4.78, 5) is 23.3. The lowest BCUT2D eigenvalue weighted by atomic mass is 10.0. The first-order chi connectivity index (χ1) is 18.5. The number of hydrogen-bond acceptors (Lipinski definition) is 7. The minimum Gasteiger partial charge on any atom is -0.497 e. The van der Waals surface area contributed by atoms with Gasteiger partial charge in [-0.3, -0.25) is 4.79 Å². The first-order valence-corrected chi connectivity index (χ1v) is 13.5. The number of carboxylic acids is 1. The number of fused-ring (bicyclic) bond motifs is 1. The molecule has 0 spiro atoms. The number of alkyl halides is 3. The zero-order chi connectivity index (χ0) is 27.9. The third-order valence-corrected chi connectivity index (χ3v) is 8.26. The topological polar surface area (TPSA) is 68.6 Å². The highest BCUT2D eigenvalue weighted by Gasteiger charge is 2.40. The zero-order valence-corrected chi connectivity index (χ0v) is 22.8. The normalized spacial score (nSPS) is 17.6. The van der Waals surface area contributed by atoms with Crippen molar-refractivity contribution in [2.75, 3.05) is 43.1 Å². The van der Waals surface area contributed by atoms with Gasteiger partial charge in [0.1, 0.15) is 5.75 Å². The number of hydrogen-bond donors (Lipinski definition) is 1. The van der Waals surface area contributed by atoms with Gasteiger partial charge in [0.2, 0.25) is 5.96 Å². The van der Waals surface area contributed by atoms with E-state index >= 15 is 0 Å². The number of carboxylic acid groups (broad SMARTS) is 1. The van der Waals surface area contributed by atoms with Gasteiger partial charge in [-0.25, -0.2) is 4.99 Å². The van der Waals surface area contributed by atoms with Crippen molar-refractivity contribution in [1.82, 2.24) is 4.90 Å². The van der Waals surface area contributed by atoms with Crippen LogP contribution >= 0.6 is 22.9 Å². The van der Waals surface area contributed by atoms with Crippen molar-refractivity contribution < 1.29 is 27.8 Å². The Labute approximate surface area is 232 Å². The van der Waals surface area contributed by atoms with Crippen molar-refractivity contribution in [2.45, 2.75) is 25.6 Å². The maximum absolute atomic E-state index is 13.7. The van der Waals surface area contributed by atoms with Crippen molar-refractivity contribution in [3.63, 3.8) is 0 Å². The first-order valence-electron chi connectivity index (χ1n) is 12.3. The number of methoxy groups -OCH3 is 1. The third-order valence-electron chi connectivity index (χ3n) is 6.91. The predicted molar refractivity (Wildman–Crippen MR) is 147 cm³/mol. The highest BCUT2D eigenvalue weighted by molar-refractivity contribution is 7.16. The maximum atomic E-state index is 13.7. The summed E-state index contributed by atoms with van der Waals surface area (Å²) >= 11 is 7.51. The Bertz CT molecular complexity index is 1420. The Hall–Kier alpha value is -3.44. The summed E-state index contributed by atoms with van der Waals surface area (Å²) in [6.07, 6.45) is -4.89. The smallest absolute Gasteiger partial charge is 0.416 e. The number of aryl methyl sites for hydroxylation is 1. The van der Waals surface area contributed by atoms with E-state index in [0.717, 1.165) is 23.6 Å². The number of carbonyl (C=O) groups is 1. The summed E-state index contributed by atoms with van der Waals surface area (Å²) in [6, 6.07) is 12.2. The molecule has 0 saturated carbocycles. The van der Waals surface area contributed by atoms with Crippen LogP contribution in [0.3, 0.4) is 0 Å². The fraction of sp³-hybridized carbons (Fsp3) is 0.333. The molecule has 5 rings (SSSR count). The van der Waals surface area contributed by atoms with E-state index in [1.165, 1.54) is 17.4 Å². The van der Waals surface area contributed by atoms with Crippen LogP contribution in [-0.2, 0) is 11.0 Å². The molecule has 0 radical (unpaired) electrons. The number of halogens is 4. The van der Waals surface area contributed by atoms with E-state index in [1.54, 1.807) is 25.0 Å². The summed E-state index contributed by atoms with van der Waals surface area (Å²) in [5.41, 5.74) is 1.57. The van der Waals surface area contributed by atoms with Crippen LogP contribution in [0.4, 0.5) is 30.2 Å². The van der Waals surface area contributed by atoms with Crippen molar-refractivity contribution in [3.8, 4) is 5.75 Å². The number of guanidine groups is 1. The van der Waals surface area contributed by atoms with Crippen LogP contribution < -0.4 is 14.5 Å². The van der Waals surface area contributed by atoms with E-state index in [-0.39, 0.29) is 12.1 Å². The molecular weight excluding hydrogens is 553 g/mol. The van der Waals surface area contributed by atoms with Crippen LogP contribution in [0.25, 0.3) is 0 Å². The third kappa shape index (κ3) is 5.51. The second kappa shape index (κ2) is 10.6. The van der Waals surface area contributed by atoms with Crippen molar-refractivity contribution >= 4 is 51.9 Å². The average Bonchev–Trinajstić information content (AvgIpc) is 3.28. The molecule has 0 unspecified atom stereocenters. The van der Waals surface area contributed by atoms with Crippen LogP contribution in [0.15, 0.2) is 53.5 Å². The van der Waals surface area contributed by atoms with Gasteiger partial charge in [0, 0.05) is 43.6 Å². The molecule has 3 heterocycles. The number of anilines is 2. The molecule has 2 aliphatic heterocycles. The van der Waals surface area contributed by atoms with Crippen LogP contribution in [0.1, 0.15) is 28.5 Å². The van der Waals surface area contributed by atoms with Crippen LogP contribution in [0, 0.1) is 6.92 Å². The highest BCUT2D eigenvalue weighted by Crippen LogP contribution is 2.47. The lowest BCUT2D eigenvalue weighted by Crippen LogP contribution is -2.55. The molecule has 0 amide bonds. The molecule has 39 heavy (non-hydrogen) atoms. The molecule has 7 nitrogen and oxygen atoms in total. The number of thiophene rings is 1. The standard InChI is InChI=1S/C27H26ClF3N4O3S/c1-16-6-7-17(27(29,30)31)12-21(16)35-22(15-24(36)37)25-20(14-23(28)39-25)32-26(35)34-10-8-33(9-11-34)18-4-3-5-19(13-18)38-2/h3-7,12-14,22H,8-11,15H2,1-2H3,(H,36,37)/t22-/m1/s1. The molecule has 1 saturated heterocycles. The fourth-order valence-corrected chi connectivity index (χ4v) is 6.24. The van der Waals surface area contributed by atoms with E-state index in [2.05, 4.69) is 4.90 Å². The number of ether oxygens (including phenoxy) is 1. The SMILES string of the molecule is COc1cccc(N2CCN(C3=Nc4cc(Cl)sc4[C@@H](CC(=O)O)N3c3cc(C(F)(F)F)ccc3C)CC2)c1. The van der Waals surface area contributed by atoms with Gasteiger partial charge in [-0.15, -0.1) is 11.3 Å². The monoisotopic (exact) mass is 578 g/mol. The van der Waals surface area contributed by atoms with Gasteiger partial charge < -0.3 is 24.5 Å². The van der Waals surface area contributed by atoms with Crippen LogP contribution in [-0.4, -0.2) is 55.2 Å². The summed E-state index contributed by atoms with van der Waals surface area (Å²) in [7, 11) is 1.61. The zero-order valence-electron chi connectivity index (χ0n) is 21.2. The van der Waals surface area contributed by atoms with E-state index in [1.807, 2.05) is 29.2 Å². The molecule has 0 bridgehead atoms. The van der Waals surface area contributed by atoms with Gasteiger partial charge in [0.15, 0.2) is 0 Å². The molecule has 2 aliphatic rings. The number of nitrogens with zero attached hydrogens (tertiary/aromatic N) is 4. The van der Waals surface area contributed by atoms with E-state index in [4.69, 9.17) is 21.3 Å². The number of rotatable bonds is 5. The largest absolute Gasteiger partial charge is 0.497 e. The number of aliphatic imine (C=N–C) groups is 1. The van der Waals surface area contributed by atoms with Crippen LogP contribution in [0.5, 0.6) is 5.75 Å². The fourth-order valence-electron chi connectivity index (χ4n) is 4.97. The minimum absolute atomic E-state index is 0.264. The predicted octanol–water partition coefficient (Wildman–Crippen LogP) is 6.58. The molecule has 12 heteroatoms. The molecule has 1 N–H and O–H groups in total. The van der Waals surface area contributed by atoms with Gasteiger partial charge in [-0.2, -0.15) is 13.2 Å². The Balaban J connectivity index is 1.55. The van der Waals surface area contributed by atoms with Gasteiger partial charge in [0.25, 0.3) is 0 Å². The summed E-state index contributed by atoms with van der Waals surface area (Å²) in [6.45, 7) is 4.02. The lowest BCUT2D eigenvalue weighted by molar-refractivity contribution is -0.138. The van der Waals surface area contributed by atoms with Crippen molar-refractivity contribution in [1.29, 1.82) is 0 Å². The van der Waals surface area contributed by atoms with E-state index < -0.39 is 23.8 Å². The molecule has 1 atom stereocenters. The maximum Gasteiger partial charge on any atom is 0.416 e. The van der Waals surface area contributed by atoms with Crippen molar-refractivity contribution in [3.05, 3.63) is 68.9 Å². The minimum atomic E-state index is -4.56. The van der Waals surface area contributed by atoms with Gasteiger partial charge in [-0.1, -0.05) is 23.7 Å². The molecule has 1 fully saturated rings. The summed E-state index contributed by atoms with van der Waals surface area (Å²) in [5.74, 6) is 0.0845. The lowest BCUT2D eigenvalue weighted by Gasteiger charge is -2.45. The number of aliphatic carboxylic acids is 1. The van der Waals surface area contributed by atoms with Gasteiger partial charge in [-0.05, 0) is 42.8 Å². The molecule has 2 aromatic carbocycles. The molecule has 0 aliphatic carbocycles. The average molecular weight is 579 g/mol. The Morgan fingerprint density at radius 1 is 1.13 bits per heavy atom. The number of benzene rings is 2. The quantitative estimate of drug-likeness (QED) is 0.369. The molecule has 3 aromatic rings. The molecule has 206 valence electrons. The van der Waals surface area contributed by atoms with Crippen LogP contribution in [0.2, 0.25) is 4.34 Å². The van der Waals surface area contributed by atoms with E-state index in [0.29, 0.717) is 52.6 Å². The molecule has 1 aromatic heterocycles. The Morgan fingerprint density at radius 2 is 1.85 bits per heavy atom. The summed E-state index contributed by atoms with van der Waals surface area (Å²) in [5, 5.41) is 9.81. The highest BCUT2D eigenvalue weighted by atomic mass is 35.5. The van der Waals surface area contributed by atoms with Crippen molar-refractivity contribution in [2.24, 2.45) is 4.99 Å². The summed E-state index contributed by atoms with van der Waals surface area (Å²) < 4.78 is 47.0. The second-order valence-corrected chi connectivity index (χ2v) is 11.1. The van der Waals surface area contributed by atoms with Gasteiger partial charge >= 0.3 is 12.1 Å². The second-order valence-electron chi connectivity index (χ2n) is 9.37. The van der Waals surface area contributed by atoms with Gasteiger partial charge in [0.05, 0.1) is 40.0 Å². The number of piperazine rings is 1.